The van der Waals surface area contributed by atoms with Crippen LogP contribution in [0, 0.1) is 0 Å². The Morgan fingerprint density at radius 2 is 2.00 bits per heavy atom. The van der Waals surface area contributed by atoms with E-state index < -0.39 is 0 Å². The molecule has 2 aromatic rings. The van der Waals surface area contributed by atoms with Gasteiger partial charge in [0.05, 0.1) is 0 Å². The molecule has 0 bridgehead atoms. The van der Waals surface area contributed by atoms with Crippen LogP contribution in [0.15, 0.2) is 24.3 Å². The van der Waals surface area contributed by atoms with Crippen molar-refractivity contribution in [3.8, 4) is 0 Å². The lowest BCUT2D eigenvalue weighted by atomic mass is 9.86. The number of allylic oxidation sites excluding steroid dienone is 1. The summed E-state index contributed by atoms with van der Waals surface area (Å²) in [5.41, 5.74) is 5.65. The third-order valence-corrected chi connectivity index (χ3v) is 3.39. The maximum absolute atomic E-state index is 3.49. The normalized spacial score (nSPS) is 14.7. The summed E-state index contributed by atoms with van der Waals surface area (Å²) in [7, 11) is 0. The third-order valence-electron chi connectivity index (χ3n) is 3.39. The van der Waals surface area contributed by atoms with Gasteiger partial charge in [0, 0.05) is 28.6 Å². The lowest BCUT2D eigenvalue weighted by Crippen LogP contribution is -2.10. The maximum Gasteiger partial charge on any atom is 0.0462 e. The Kier molecular flexibility index (Phi) is 1.82. The fraction of sp³-hybridized carbons (Fsp3) is 0.333. The first-order chi connectivity index (χ1) is 7.55. The molecule has 0 amide bonds. The third kappa shape index (κ3) is 1.31. The average Bonchev–Trinajstić information content (AvgIpc) is 2.74. The number of aromatic amines is 1. The molecule has 0 saturated heterocycles. The van der Waals surface area contributed by atoms with Crippen molar-refractivity contribution < 1.29 is 0 Å². The standard InChI is InChI=1S/C15H17N/c1-15(2,3)10-7-8-14-12(9-10)11-5-4-6-13(11)16-14/h4-5,7-9,16H,6H2,1-3H3. The van der Waals surface area contributed by atoms with E-state index in [0.717, 1.165) is 6.42 Å². The molecule has 1 heterocycles. The lowest BCUT2D eigenvalue weighted by Gasteiger charge is -2.18. The quantitative estimate of drug-likeness (QED) is 0.677. The molecule has 16 heavy (non-hydrogen) atoms. The number of fused-ring (bicyclic) bond motifs is 3. The van der Waals surface area contributed by atoms with Crippen LogP contribution in [0.2, 0.25) is 0 Å². The fourth-order valence-electron chi connectivity index (χ4n) is 2.38. The van der Waals surface area contributed by atoms with Gasteiger partial charge in [0.25, 0.3) is 0 Å². The predicted molar refractivity (Wildman–Crippen MR) is 69.7 cm³/mol. The van der Waals surface area contributed by atoms with Crippen molar-refractivity contribution in [2.75, 3.05) is 0 Å². The molecule has 82 valence electrons. The van der Waals surface area contributed by atoms with Crippen LogP contribution in [0.1, 0.15) is 37.6 Å². The molecule has 1 nitrogen and oxygen atoms in total. The van der Waals surface area contributed by atoms with E-state index in [0.29, 0.717) is 0 Å². The first-order valence-electron chi connectivity index (χ1n) is 5.87. The van der Waals surface area contributed by atoms with Crippen molar-refractivity contribution >= 4 is 17.0 Å². The highest BCUT2D eigenvalue weighted by Crippen LogP contribution is 2.32. The van der Waals surface area contributed by atoms with Crippen molar-refractivity contribution in [2.24, 2.45) is 0 Å². The van der Waals surface area contributed by atoms with Crippen molar-refractivity contribution in [3.05, 3.63) is 41.1 Å². The van der Waals surface area contributed by atoms with Crippen LogP contribution in [-0.2, 0) is 11.8 Å². The van der Waals surface area contributed by atoms with E-state index >= 15 is 0 Å². The minimum Gasteiger partial charge on any atom is -0.358 e. The van der Waals surface area contributed by atoms with E-state index in [4.69, 9.17) is 0 Å². The second-order valence-electron chi connectivity index (χ2n) is 5.63. The van der Waals surface area contributed by atoms with Crippen LogP contribution in [0.4, 0.5) is 0 Å². The molecule has 1 aliphatic rings. The van der Waals surface area contributed by atoms with Crippen molar-refractivity contribution in [3.63, 3.8) is 0 Å². The molecule has 3 rings (SSSR count). The predicted octanol–water partition coefficient (Wildman–Crippen LogP) is 4.03. The minimum absolute atomic E-state index is 0.223. The summed E-state index contributed by atoms with van der Waals surface area (Å²) in [4.78, 5) is 3.49. The van der Waals surface area contributed by atoms with E-state index in [9.17, 15) is 0 Å². The summed E-state index contributed by atoms with van der Waals surface area (Å²) in [5, 5.41) is 1.37. The second kappa shape index (κ2) is 3.00. The summed E-state index contributed by atoms with van der Waals surface area (Å²) < 4.78 is 0. The Balaban J connectivity index is 2.28. The van der Waals surface area contributed by atoms with Crippen molar-refractivity contribution in [1.29, 1.82) is 0 Å². The molecule has 0 fully saturated rings. The lowest BCUT2D eigenvalue weighted by molar-refractivity contribution is 0.591. The number of H-pyrrole nitrogens is 1. The van der Waals surface area contributed by atoms with Crippen molar-refractivity contribution in [1.82, 2.24) is 4.98 Å². The Labute approximate surface area is 96.2 Å². The van der Waals surface area contributed by atoms with Crippen LogP contribution >= 0.6 is 0 Å². The zero-order valence-corrected chi connectivity index (χ0v) is 10.1. The molecule has 1 aromatic heterocycles. The van der Waals surface area contributed by atoms with Crippen LogP contribution in [-0.4, -0.2) is 4.98 Å². The van der Waals surface area contributed by atoms with Crippen LogP contribution in [0.3, 0.4) is 0 Å². The summed E-state index contributed by atoms with van der Waals surface area (Å²) in [6.45, 7) is 6.78. The largest absolute Gasteiger partial charge is 0.358 e. The Bertz CT molecular complexity index is 579. The van der Waals surface area contributed by atoms with Gasteiger partial charge in [-0.3, -0.25) is 0 Å². The average molecular weight is 211 g/mol. The van der Waals surface area contributed by atoms with Gasteiger partial charge >= 0.3 is 0 Å². The van der Waals surface area contributed by atoms with Crippen LogP contribution in [0.25, 0.3) is 17.0 Å². The molecule has 0 atom stereocenters. The molecule has 0 spiro atoms. The maximum atomic E-state index is 3.49. The number of hydrogen-bond acceptors (Lipinski definition) is 0. The SMILES string of the molecule is CC(C)(C)c1ccc2[nH]c3c(c2c1)C=CC3. The highest BCUT2D eigenvalue weighted by molar-refractivity contribution is 5.92. The summed E-state index contributed by atoms with van der Waals surface area (Å²) in [6, 6.07) is 6.78. The molecule has 1 aliphatic carbocycles. The fourth-order valence-corrected chi connectivity index (χ4v) is 2.38. The van der Waals surface area contributed by atoms with Gasteiger partial charge in [-0.2, -0.15) is 0 Å². The topological polar surface area (TPSA) is 15.8 Å². The van der Waals surface area contributed by atoms with Crippen LogP contribution < -0.4 is 0 Å². The first kappa shape index (κ1) is 9.71. The molecule has 1 N–H and O–H groups in total. The van der Waals surface area contributed by atoms with Gasteiger partial charge in [-0.15, -0.1) is 0 Å². The van der Waals surface area contributed by atoms with E-state index in [1.807, 2.05) is 0 Å². The van der Waals surface area contributed by atoms with Gasteiger partial charge in [-0.25, -0.2) is 0 Å². The van der Waals surface area contributed by atoms with E-state index in [-0.39, 0.29) is 5.41 Å². The van der Waals surface area contributed by atoms with Crippen LogP contribution in [0.5, 0.6) is 0 Å². The number of hydrogen-bond donors (Lipinski definition) is 1. The van der Waals surface area contributed by atoms with Gasteiger partial charge in [-0.1, -0.05) is 39.0 Å². The number of benzene rings is 1. The molecule has 0 aliphatic heterocycles. The number of nitrogens with one attached hydrogen (secondary N) is 1. The van der Waals surface area contributed by atoms with E-state index in [1.54, 1.807) is 0 Å². The number of aromatic nitrogens is 1. The Hall–Kier alpha value is -1.50. The molecule has 0 saturated carbocycles. The highest BCUT2D eigenvalue weighted by Gasteiger charge is 2.17. The molecule has 0 unspecified atom stereocenters. The smallest absolute Gasteiger partial charge is 0.0462 e. The molecule has 1 heteroatoms. The van der Waals surface area contributed by atoms with Gasteiger partial charge in [-0.05, 0) is 23.1 Å². The minimum atomic E-state index is 0.223. The van der Waals surface area contributed by atoms with Gasteiger partial charge < -0.3 is 4.98 Å². The zero-order valence-electron chi connectivity index (χ0n) is 10.1. The summed E-state index contributed by atoms with van der Waals surface area (Å²) >= 11 is 0. The van der Waals surface area contributed by atoms with Gasteiger partial charge in [0.1, 0.15) is 0 Å². The first-order valence-corrected chi connectivity index (χ1v) is 5.87. The molecule has 0 radical (unpaired) electrons. The highest BCUT2D eigenvalue weighted by atomic mass is 14.7. The molecular weight excluding hydrogens is 194 g/mol. The van der Waals surface area contributed by atoms with Gasteiger partial charge in [0.15, 0.2) is 0 Å². The van der Waals surface area contributed by atoms with E-state index in [1.165, 1.54) is 27.7 Å². The van der Waals surface area contributed by atoms with Crippen molar-refractivity contribution in [2.45, 2.75) is 32.6 Å². The Morgan fingerprint density at radius 1 is 1.19 bits per heavy atom. The number of rotatable bonds is 0. The second-order valence-corrected chi connectivity index (χ2v) is 5.63. The molecular formula is C15H17N. The Morgan fingerprint density at radius 3 is 2.75 bits per heavy atom. The van der Waals surface area contributed by atoms with E-state index in [2.05, 4.69) is 56.1 Å². The summed E-state index contributed by atoms with van der Waals surface area (Å²) in [5.74, 6) is 0. The monoisotopic (exact) mass is 211 g/mol. The summed E-state index contributed by atoms with van der Waals surface area (Å²) in [6.07, 6.45) is 5.51. The zero-order chi connectivity index (χ0) is 11.3. The van der Waals surface area contributed by atoms with Gasteiger partial charge in [0.2, 0.25) is 0 Å². The molecule has 1 aromatic carbocycles.